The molecule has 0 saturated carbocycles. The molecule has 22 nitrogen and oxygen atoms in total. The Bertz CT molecular complexity index is 2490. The van der Waals surface area contributed by atoms with Crippen LogP contribution in [0.5, 0.6) is 0 Å². The van der Waals surface area contributed by atoms with E-state index in [1.807, 2.05) is 53.6 Å². The third-order valence-electron chi connectivity index (χ3n) is 16.7. The SMILES string of the molecule is CC[C@@H]1OC(=O)[C@H](C)[C@H](O[C@@H]2C[C@](C)(OC)[C@H](OCCCNCCNc3nc4c(cc3F)c(=O)c(C(=O)O)cn4CC)[C@H](C)O2)[C@@H](C)[C@H](O[C@H]2O[C@@H](C)C[C@@H](N(C)C)[C@H]2O)[C@](C)(OC)C[C@H](C)C(=O)C(C)[C@H]2OC(=O)O[C@@]12C. The monoisotopic (exact) mass is 1110 g/mol. The number of aromatic nitrogens is 2. The highest BCUT2D eigenvalue weighted by atomic mass is 19.1. The molecule has 6 heterocycles. The number of halogens is 1. The predicted molar refractivity (Wildman–Crippen MR) is 282 cm³/mol. The maximum atomic E-state index is 15.1. The van der Waals surface area contributed by atoms with Crippen molar-refractivity contribution in [3.8, 4) is 0 Å². The summed E-state index contributed by atoms with van der Waals surface area (Å²) >= 11 is 0. The maximum absolute atomic E-state index is 15.1. The Morgan fingerprint density at radius 2 is 1.60 bits per heavy atom. The summed E-state index contributed by atoms with van der Waals surface area (Å²) in [7, 11) is 6.86. The van der Waals surface area contributed by atoms with Gasteiger partial charge in [0.2, 0.25) is 5.43 Å². The number of methoxy groups -OCH3 is 2. The minimum absolute atomic E-state index is 0.0675. The van der Waals surface area contributed by atoms with E-state index in [0.29, 0.717) is 39.1 Å². The van der Waals surface area contributed by atoms with E-state index in [-0.39, 0.29) is 60.6 Å². The van der Waals surface area contributed by atoms with Crippen LogP contribution in [0.25, 0.3) is 11.0 Å². The molecule has 18 atom stereocenters. The summed E-state index contributed by atoms with van der Waals surface area (Å²) in [6.07, 6.45) is -7.01. The molecule has 0 bridgehead atoms. The number of aliphatic hydroxyl groups excluding tert-OH is 1. The van der Waals surface area contributed by atoms with E-state index in [9.17, 15) is 34.2 Å². The number of hydrogen-bond donors (Lipinski definition) is 4. The van der Waals surface area contributed by atoms with E-state index in [1.165, 1.54) is 17.9 Å². The fourth-order valence-corrected chi connectivity index (χ4v) is 12.1. The first kappa shape index (κ1) is 62.8. The van der Waals surface area contributed by atoms with E-state index in [1.54, 1.807) is 48.7 Å². The minimum Gasteiger partial charge on any atom is -0.477 e. The van der Waals surface area contributed by atoms with Gasteiger partial charge >= 0.3 is 18.1 Å². The van der Waals surface area contributed by atoms with E-state index < -0.39 is 131 Å². The quantitative estimate of drug-likeness (QED) is 0.103. The average molecular weight is 1110 g/mol. The second kappa shape index (κ2) is 26.0. The summed E-state index contributed by atoms with van der Waals surface area (Å²) in [5, 5.41) is 27.4. The third kappa shape index (κ3) is 13.3. The fraction of sp³-hybridized carbons (Fsp3) is 0.782. The van der Waals surface area contributed by atoms with Gasteiger partial charge in [0.1, 0.15) is 35.3 Å². The Kier molecular flexibility index (Phi) is 20.9. The number of fused-ring (bicyclic) bond motifs is 2. The molecular formula is C55H86FN5O17. The number of aryl methyl sites for hydroxylation is 1. The lowest BCUT2D eigenvalue weighted by molar-refractivity contribution is -0.322. The number of carboxylic acid groups (broad SMARTS) is 1. The number of likely N-dealkylation sites (N-methyl/N-ethyl adjacent to an activating group) is 1. The number of cyclic esters (lactones) is 1. The number of anilines is 1. The number of carboxylic acids is 1. The first-order valence-electron chi connectivity index (χ1n) is 27.4. The van der Waals surface area contributed by atoms with E-state index in [4.69, 9.17) is 47.4 Å². The van der Waals surface area contributed by atoms with Crippen molar-refractivity contribution in [3.05, 3.63) is 33.9 Å². The second-order valence-corrected chi connectivity index (χ2v) is 22.6. The van der Waals surface area contributed by atoms with Crippen molar-refractivity contribution >= 4 is 40.7 Å². The highest BCUT2D eigenvalue weighted by Gasteiger charge is 2.60. The van der Waals surface area contributed by atoms with Crippen LogP contribution in [-0.4, -0.2) is 187 Å². The summed E-state index contributed by atoms with van der Waals surface area (Å²) in [5.41, 5.74) is -4.87. The second-order valence-electron chi connectivity index (χ2n) is 22.6. The molecule has 2 aromatic rings. The Balaban J connectivity index is 1.19. The van der Waals surface area contributed by atoms with Crippen LogP contribution in [0.4, 0.5) is 15.0 Å². The third-order valence-corrected chi connectivity index (χ3v) is 16.7. The van der Waals surface area contributed by atoms with E-state index in [0.717, 1.165) is 6.07 Å². The van der Waals surface area contributed by atoms with Gasteiger partial charge in [0.05, 0.1) is 52.8 Å². The molecule has 2 aromatic heterocycles. The summed E-state index contributed by atoms with van der Waals surface area (Å²) in [6.45, 7) is 21.6. The number of nitrogens with one attached hydrogen (secondary N) is 2. The van der Waals surface area contributed by atoms with Crippen LogP contribution >= 0.6 is 0 Å². The molecular weight excluding hydrogens is 1020 g/mol. The number of Topliss-reactive ketones (excluding diaryl/α,β-unsaturated/α-hetero) is 1. The Hall–Kier alpha value is -4.43. The van der Waals surface area contributed by atoms with Crippen molar-refractivity contribution in [2.45, 2.75) is 199 Å². The lowest BCUT2D eigenvalue weighted by Gasteiger charge is -2.50. The average Bonchev–Trinajstić information content (AvgIpc) is 3.78. The molecule has 23 heteroatoms. The minimum atomic E-state index is -1.52. The summed E-state index contributed by atoms with van der Waals surface area (Å²) in [5.74, 6) is -6.52. The van der Waals surface area contributed by atoms with Gasteiger partial charge in [0.25, 0.3) is 0 Å². The summed E-state index contributed by atoms with van der Waals surface area (Å²) < 4.78 is 80.5. The lowest BCUT2D eigenvalue weighted by atomic mass is 9.74. The number of carbonyl (C=O) groups is 4. The number of ether oxygens (including phenoxy) is 10. The molecule has 0 amide bonds. The first-order valence-corrected chi connectivity index (χ1v) is 27.4. The zero-order chi connectivity index (χ0) is 57.8. The topological polar surface area (TPSA) is 263 Å². The maximum Gasteiger partial charge on any atom is 0.509 e. The first-order chi connectivity index (χ1) is 36.7. The molecule has 0 aliphatic carbocycles. The zero-order valence-electron chi connectivity index (χ0n) is 48.1. The predicted octanol–water partition coefficient (Wildman–Crippen LogP) is 5.31. The number of nitrogens with zero attached hydrogens (tertiary/aromatic N) is 3. The van der Waals surface area contributed by atoms with Gasteiger partial charge in [-0.3, -0.25) is 14.4 Å². The molecule has 0 aromatic carbocycles. The van der Waals surface area contributed by atoms with Gasteiger partial charge in [-0.2, -0.15) is 0 Å². The molecule has 440 valence electrons. The lowest BCUT2D eigenvalue weighted by Crippen LogP contribution is -2.61. The molecule has 4 fully saturated rings. The van der Waals surface area contributed by atoms with Crippen molar-refractivity contribution in [1.82, 2.24) is 19.8 Å². The van der Waals surface area contributed by atoms with Crippen LogP contribution in [0.3, 0.4) is 0 Å². The van der Waals surface area contributed by atoms with Gasteiger partial charge in [-0.15, -0.1) is 0 Å². The van der Waals surface area contributed by atoms with Gasteiger partial charge in [0.15, 0.2) is 35.9 Å². The van der Waals surface area contributed by atoms with E-state index >= 15 is 4.39 Å². The van der Waals surface area contributed by atoms with Gasteiger partial charge in [-0.1, -0.05) is 27.7 Å². The van der Waals surface area contributed by atoms with E-state index in [2.05, 4.69) is 15.6 Å². The standard InChI is InChI=1S/C55H86FN5O17/c1-16-38-55(11)45(77-52(68)78-55)30(5)40(62)28(3)25-53(9,69-14)44(76-51-42(64)37(60(12)13)23-29(4)72-51)31(6)43(32(7)50(67)74-38)75-39-26-54(10,70-15)46(33(8)73-39)71-22-18-19-57-20-21-58-47-36(56)24-34-41(63)35(49(65)66)27-61(17-2)48(34)59-47/h24,27-33,37-39,42-46,51,57,64H,16-23,25-26H2,1-15H3,(H,58,59)(H,65,66)/t28-,29-,30?,31+,32+,33-,37+,38-,39+,42+,43+,44-,45+,46+,51+,53+,54-,55-/m0/s1. The largest absolute Gasteiger partial charge is 0.509 e. The molecule has 1 unspecified atom stereocenters. The smallest absolute Gasteiger partial charge is 0.477 e. The molecule has 4 aliphatic rings. The molecule has 4 saturated heterocycles. The number of rotatable bonds is 19. The van der Waals surface area contributed by atoms with Gasteiger partial charge in [-0.05, 0) is 101 Å². The van der Waals surface area contributed by atoms with Gasteiger partial charge in [0, 0.05) is 71.0 Å². The molecule has 4 N–H and O–H groups in total. The van der Waals surface area contributed by atoms with Crippen molar-refractivity contribution in [3.63, 3.8) is 0 Å². The van der Waals surface area contributed by atoms with Crippen LogP contribution < -0.4 is 16.1 Å². The van der Waals surface area contributed by atoms with Crippen LogP contribution in [0.1, 0.15) is 119 Å². The molecule has 4 aliphatic heterocycles. The zero-order valence-corrected chi connectivity index (χ0v) is 48.1. The fourth-order valence-electron chi connectivity index (χ4n) is 12.1. The molecule has 0 radical (unpaired) electrons. The van der Waals surface area contributed by atoms with Crippen molar-refractivity contribution in [1.29, 1.82) is 0 Å². The molecule has 6 rings (SSSR count). The Morgan fingerprint density at radius 3 is 2.23 bits per heavy atom. The number of ketones is 1. The van der Waals surface area contributed by atoms with Gasteiger partial charge in [-0.25, -0.2) is 19.0 Å². The van der Waals surface area contributed by atoms with Crippen molar-refractivity contribution in [2.75, 3.05) is 59.9 Å². The number of esters is 1. The molecule has 0 spiro atoms. The Morgan fingerprint density at radius 1 is 0.923 bits per heavy atom. The Labute approximate surface area is 456 Å². The highest BCUT2D eigenvalue weighted by Crippen LogP contribution is 2.44. The normalized spacial score (nSPS) is 37.1. The molecule has 78 heavy (non-hydrogen) atoms. The van der Waals surface area contributed by atoms with Gasteiger partial charge < -0.3 is 77.7 Å². The van der Waals surface area contributed by atoms with Crippen LogP contribution in [0.2, 0.25) is 0 Å². The summed E-state index contributed by atoms with van der Waals surface area (Å²) in [6, 6.07) is 0.684. The number of aliphatic hydroxyl groups is 1. The number of hydrogen-bond acceptors (Lipinski definition) is 20. The number of carbonyl (C=O) groups excluding carboxylic acids is 3. The summed E-state index contributed by atoms with van der Waals surface area (Å²) in [4.78, 5) is 72.8. The highest BCUT2D eigenvalue weighted by molar-refractivity contribution is 5.92. The van der Waals surface area contributed by atoms with Crippen LogP contribution in [0, 0.1) is 29.5 Å². The van der Waals surface area contributed by atoms with Crippen LogP contribution in [-0.2, 0) is 63.5 Å². The van der Waals surface area contributed by atoms with Crippen molar-refractivity contribution in [2.24, 2.45) is 23.7 Å². The van der Waals surface area contributed by atoms with Crippen LogP contribution in [0.15, 0.2) is 17.1 Å². The number of pyridine rings is 2. The van der Waals surface area contributed by atoms with Crippen molar-refractivity contribution < 1.29 is 81.2 Å². The number of aromatic carboxylic acids is 1.